The van der Waals surface area contributed by atoms with Gasteiger partial charge < -0.3 is 4.74 Å². The molecule has 2 aromatic rings. The molecule has 1 aliphatic heterocycles. The molecule has 0 N–H and O–H groups in total. The molecule has 0 unspecified atom stereocenters. The van der Waals surface area contributed by atoms with Crippen LogP contribution in [0.15, 0.2) is 30.5 Å². The van der Waals surface area contributed by atoms with E-state index in [1.54, 1.807) is 6.20 Å². The smallest absolute Gasteiger partial charge is 0.235 e. The maximum Gasteiger partial charge on any atom is 0.235 e. The molecule has 0 bridgehead atoms. The van der Waals surface area contributed by atoms with Crippen LogP contribution in [0.4, 0.5) is 0 Å². The lowest BCUT2D eigenvalue weighted by atomic mass is 10.1. The second-order valence-electron chi connectivity index (χ2n) is 6.31. The van der Waals surface area contributed by atoms with Crippen LogP contribution in [0.5, 0.6) is 5.88 Å². The van der Waals surface area contributed by atoms with E-state index in [0.29, 0.717) is 5.88 Å². The van der Waals surface area contributed by atoms with Gasteiger partial charge in [-0.1, -0.05) is 12.1 Å². The molecule has 24 heavy (non-hydrogen) atoms. The highest BCUT2D eigenvalue weighted by atomic mass is 16.5. The van der Waals surface area contributed by atoms with Crippen molar-refractivity contribution in [1.82, 2.24) is 14.9 Å². The Labute approximate surface area is 142 Å². The normalized spacial score (nSPS) is 15.9. The van der Waals surface area contributed by atoms with Crippen LogP contribution in [-0.4, -0.2) is 34.1 Å². The SMILES string of the molecule is Cc1cnc(C)c(OC2CCN(Cc3cccc(C#N)c3)CC2)n1. The molecule has 5 nitrogen and oxygen atoms in total. The van der Waals surface area contributed by atoms with Crippen LogP contribution >= 0.6 is 0 Å². The zero-order valence-corrected chi connectivity index (χ0v) is 14.2. The Balaban J connectivity index is 1.54. The topological polar surface area (TPSA) is 62.0 Å². The van der Waals surface area contributed by atoms with Gasteiger partial charge in [-0.05, 0) is 44.4 Å². The molecule has 2 heterocycles. The first-order valence-electron chi connectivity index (χ1n) is 8.32. The summed E-state index contributed by atoms with van der Waals surface area (Å²) in [4.78, 5) is 11.2. The number of nitrogens with zero attached hydrogens (tertiary/aromatic N) is 4. The molecule has 0 atom stereocenters. The van der Waals surface area contributed by atoms with Crippen molar-refractivity contribution in [3.05, 3.63) is 53.0 Å². The van der Waals surface area contributed by atoms with E-state index in [0.717, 1.165) is 49.4 Å². The van der Waals surface area contributed by atoms with Crippen LogP contribution in [-0.2, 0) is 6.54 Å². The number of rotatable bonds is 4. The molecule has 1 aromatic carbocycles. The van der Waals surface area contributed by atoms with Gasteiger partial charge in [0.05, 0.1) is 23.0 Å². The highest BCUT2D eigenvalue weighted by molar-refractivity contribution is 5.32. The summed E-state index contributed by atoms with van der Waals surface area (Å²) in [6, 6.07) is 10.0. The van der Waals surface area contributed by atoms with E-state index in [1.807, 2.05) is 32.0 Å². The Bertz CT molecular complexity index is 745. The molecule has 0 spiro atoms. The lowest BCUT2D eigenvalue weighted by Crippen LogP contribution is -2.38. The summed E-state index contributed by atoms with van der Waals surface area (Å²) in [5, 5.41) is 8.99. The molecule has 0 saturated carbocycles. The van der Waals surface area contributed by atoms with E-state index in [9.17, 15) is 0 Å². The molecule has 0 aliphatic carbocycles. The summed E-state index contributed by atoms with van der Waals surface area (Å²) in [6.07, 6.45) is 3.92. The summed E-state index contributed by atoms with van der Waals surface area (Å²) in [5.41, 5.74) is 3.63. The molecule has 5 heteroatoms. The molecule has 124 valence electrons. The molecule has 0 radical (unpaired) electrons. The minimum absolute atomic E-state index is 0.196. The van der Waals surface area contributed by atoms with Gasteiger partial charge in [0.25, 0.3) is 0 Å². The minimum atomic E-state index is 0.196. The number of aryl methyl sites for hydroxylation is 2. The lowest BCUT2D eigenvalue weighted by Gasteiger charge is -2.32. The van der Waals surface area contributed by atoms with Crippen molar-refractivity contribution < 1.29 is 4.74 Å². The van der Waals surface area contributed by atoms with Gasteiger partial charge in [0, 0.05) is 25.8 Å². The summed E-state index contributed by atoms with van der Waals surface area (Å²) in [6.45, 7) is 6.71. The van der Waals surface area contributed by atoms with E-state index in [1.165, 1.54) is 5.56 Å². The summed E-state index contributed by atoms with van der Waals surface area (Å²) in [5.74, 6) is 0.662. The molecular formula is C19H22N4O. The third-order valence-corrected chi connectivity index (χ3v) is 4.31. The monoisotopic (exact) mass is 322 g/mol. The summed E-state index contributed by atoms with van der Waals surface area (Å²) < 4.78 is 6.06. The van der Waals surface area contributed by atoms with E-state index < -0.39 is 0 Å². The van der Waals surface area contributed by atoms with Gasteiger partial charge in [0.2, 0.25) is 5.88 Å². The molecule has 3 rings (SSSR count). The Morgan fingerprint density at radius 3 is 2.83 bits per heavy atom. The first kappa shape index (κ1) is 16.4. The predicted molar refractivity (Wildman–Crippen MR) is 91.6 cm³/mol. The van der Waals surface area contributed by atoms with Crippen molar-refractivity contribution in [3.63, 3.8) is 0 Å². The van der Waals surface area contributed by atoms with Crippen molar-refractivity contribution >= 4 is 0 Å². The molecule has 0 amide bonds. The highest BCUT2D eigenvalue weighted by Gasteiger charge is 2.22. The van der Waals surface area contributed by atoms with Crippen molar-refractivity contribution in [2.75, 3.05) is 13.1 Å². The maximum atomic E-state index is 8.99. The number of aromatic nitrogens is 2. The Kier molecular flexibility index (Phi) is 5.07. The quantitative estimate of drug-likeness (QED) is 0.866. The number of piperidine rings is 1. The average Bonchev–Trinajstić information content (AvgIpc) is 2.60. The second kappa shape index (κ2) is 7.41. The Morgan fingerprint density at radius 2 is 2.08 bits per heavy atom. The van der Waals surface area contributed by atoms with Gasteiger partial charge in [0.15, 0.2) is 0 Å². The molecular weight excluding hydrogens is 300 g/mol. The molecule has 1 aliphatic rings. The largest absolute Gasteiger partial charge is 0.473 e. The van der Waals surface area contributed by atoms with Crippen LogP contribution in [0.2, 0.25) is 0 Å². The van der Waals surface area contributed by atoms with Gasteiger partial charge in [0.1, 0.15) is 6.10 Å². The van der Waals surface area contributed by atoms with E-state index in [2.05, 4.69) is 27.0 Å². The van der Waals surface area contributed by atoms with Crippen LogP contribution in [0.1, 0.15) is 35.4 Å². The zero-order valence-electron chi connectivity index (χ0n) is 14.2. The number of hydrogen-bond acceptors (Lipinski definition) is 5. The highest BCUT2D eigenvalue weighted by Crippen LogP contribution is 2.21. The fourth-order valence-electron chi connectivity index (χ4n) is 2.97. The maximum absolute atomic E-state index is 8.99. The Morgan fingerprint density at radius 1 is 1.29 bits per heavy atom. The Hall–Kier alpha value is -2.45. The van der Waals surface area contributed by atoms with Crippen molar-refractivity contribution in [2.24, 2.45) is 0 Å². The van der Waals surface area contributed by atoms with Crippen LogP contribution in [0.3, 0.4) is 0 Å². The first-order chi connectivity index (χ1) is 11.6. The van der Waals surface area contributed by atoms with Crippen LogP contribution in [0.25, 0.3) is 0 Å². The minimum Gasteiger partial charge on any atom is -0.473 e. The van der Waals surface area contributed by atoms with E-state index in [4.69, 9.17) is 10.00 Å². The number of hydrogen-bond donors (Lipinski definition) is 0. The number of likely N-dealkylation sites (tertiary alicyclic amines) is 1. The average molecular weight is 322 g/mol. The van der Waals surface area contributed by atoms with Gasteiger partial charge in [-0.2, -0.15) is 5.26 Å². The van der Waals surface area contributed by atoms with E-state index >= 15 is 0 Å². The number of benzene rings is 1. The van der Waals surface area contributed by atoms with Crippen LogP contribution in [0, 0.1) is 25.2 Å². The molecule has 1 fully saturated rings. The van der Waals surface area contributed by atoms with Crippen molar-refractivity contribution in [1.29, 1.82) is 5.26 Å². The van der Waals surface area contributed by atoms with Gasteiger partial charge in [-0.3, -0.25) is 9.88 Å². The summed E-state index contributed by atoms with van der Waals surface area (Å²) >= 11 is 0. The van der Waals surface area contributed by atoms with Gasteiger partial charge in [-0.25, -0.2) is 4.98 Å². The number of ether oxygens (including phenoxy) is 1. The zero-order chi connectivity index (χ0) is 16.9. The third-order valence-electron chi connectivity index (χ3n) is 4.31. The lowest BCUT2D eigenvalue weighted by molar-refractivity contribution is 0.0921. The van der Waals surface area contributed by atoms with Crippen molar-refractivity contribution in [2.45, 2.75) is 39.3 Å². The number of nitriles is 1. The van der Waals surface area contributed by atoms with Crippen molar-refractivity contribution in [3.8, 4) is 11.9 Å². The summed E-state index contributed by atoms with van der Waals surface area (Å²) in [7, 11) is 0. The fourth-order valence-corrected chi connectivity index (χ4v) is 2.97. The van der Waals surface area contributed by atoms with E-state index in [-0.39, 0.29) is 6.10 Å². The molecule has 1 aromatic heterocycles. The molecule has 1 saturated heterocycles. The third kappa shape index (κ3) is 4.09. The first-order valence-corrected chi connectivity index (χ1v) is 8.32. The second-order valence-corrected chi connectivity index (χ2v) is 6.31. The standard InChI is InChI=1S/C19H22N4O/c1-14-12-21-15(2)19(22-14)24-18-6-8-23(9-7-18)13-17-5-3-4-16(10-17)11-20/h3-5,10,12,18H,6-9,13H2,1-2H3. The van der Waals surface area contributed by atoms with Gasteiger partial charge in [-0.15, -0.1) is 0 Å². The van der Waals surface area contributed by atoms with Gasteiger partial charge >= 0.3 is 0 Å². The fraction of sp³-hybridized carbons (Fsp3) is 0.421. The van der Waals surface area contributed by atoms with Crippen LogP contribution < -0.4 is 4.74 Å². The predicted octanol–water partition coefficient (Wildman–Crippen LogP) is 3.01.